The van der Waals surface area contributed by atoms with Gasteiger partial charge in [0.25, 0.3) is 5.91 Å². The van der Waals surface area contributed by atoms with Crippen molar-refractivity contribution in [3.8, 4) is 0 Å². The molecule has 4 heterocycles. The summed E-state index contributed by atoms with van der Waals surface area (Å²) in [6.45, 7) is 1.27. The molecule has 1 amide bonds. The Morgan fingerprint density at radius 2 is 2.00 bits per heavy atom. The molecule has 0 radical (unpaired) electrons. The minimum absolute atomic E-state index is 0.122. The van der Waals surface area contributed by atoms with Crippen LogP contribution in [0.1, 0.15) is 59.7 Å². The monoisotopic (exact) mass is 483 g/mol. The number of rotatable bonds is 5. The summed E-state index contributed by atoms with van der Waals surface area (Å²) in [6.07, 6.45) is -2.09. The molecule has 0 aromatic carbocycles. The van der Waals surface area contributed by atoms with Crippen LogP contribution in [0.15, 0.2) is 22.4 Å². The number of anilines is 1. The fraction of sp³-hybridized carbons (Fsp3) is 0.500. The van der Waals surface area contributed by atoms with Crippen LogP contribution in [0.2, 0.25) is 0 Å². The maximum atomic E-state index is 13.1. The molecule has 1 unspecified atom stereocenters. The van der Waals surface area contributed by atoms with Gasteiger partial charge in [-0.3, -0.25) is 14.7 Å². The number of carbonyl (C=O) groups excluding carboxylic acids is 1. The van der Waals surface area contributed by atoms with Crippen molar-refractivity contribution in [1.82, 2.24) is 14.5 Å². The van der Waals surface area contributed by atoms with E-state index in [-0.39, 0.29) is 40.2 Å². The van der Waals surface area contributed by atoms with E-state index in [1.165, 1.54) is 18.5 Å². The van der Waals surface area contributed by atoms with Crippen LogP contribution in [0.4, 0.5) is 19.0 Å². The molecule has 3 aliphatic rings. The Labute approximate surface area is 187 Å². The van der Waals surface area contributed by atoms with E-state index in [0.29, 0.717) is 18.5 Å². The van der Waals surface area contributed by atoms with Crippen LogP contribution in [-0.4, -0.2) is 40.3 Å². The second-order valence-electron chi connectivity index (χ2n) is 8.32. The lowest BCUT2D eigenvalue weighted by atomic mass is 10.1. The molecular weight excluding hydrogens is 463 g/mol. The first-order valence-corrected chi connectivity index (χ1v) is 12.1. The molecule has 0 bridgehead atoms. The van der Waals surface area contributed by atoms with Crippen LogP contribution in [0.3, 0.4) is 0 Å². The Balaban J connectivity index is 1.55. The molecule has 1 aliphatic carbocycles. The fourth-order valence-corrected chi connectivity index (χ4v) is 5.34. The van der Waals surface area contributed by atoms with Crippen LogP contribution in [-0.2, 0) is 34.4 Å². The highest BCUT2D eigenvalue weighted by molar-refractivity contribution is 7.91. The van der Waals surface area contributed by atoms with Gasteiger partial charge in [-0.15, -0.1) is 0 Å². The molecular formula is C20H20F3N5O4S. The zero-order chi connectivity index (χ0) is 23.7. The van der Waals surface area contributed by atoms with Crippen LogP contribution >= 0.6 is 0 Å². The molecule has 5 rings (SSSR count). The molecule has 0 spiro atoms. The number of nitrogens with zero attached hydrogens (tertiary/aromatic N) is 5. The first kappa shape index (κ1) is 21.9. The van der Waals surface area contributed by atoms with Crippen molar-refractivity contribution in [3.05, 3.63) is 34.9 Å². The van der Waals surface area contributed by atoms with Gasteiger partial charge in [0.2, 0.25) is 0 Å². The topological polar surface area (TPSA) is 107 Å². The van der Waals surface area contributed by atoms with Gasteiger partial charge in [-0.2, -0.15) is 13.2 Å². The zero-order valence-electron chi connectivity index (χ0n) is 17.8. The Kier molecular flexibility index (Phi) is 4.82. The van der Waals surface area contributed by atoms with Crippen molar-refractivity contribution >= 4 is 27.3 Å². The third kappa shape index (κ3) is 3.58. The Bertz CT molecular complexity index is 1300. The average Bonchev–Trinajstić information content (AvgIpc) is 3.25. The molecule has 13 heteroatoms. The lowest BCUT2D eigenvalue weighted by molar-refractivity contribution is -0.137. The number of alkyl halides is 3. The van der Waals surface area contributed by atoms with E-state index < -0.39 is 33.6 Å². The number of fused-ring (bicyclic) bond motifs is 1. The summed E-state index contributed by atoms with van der Waals surface area (Å²) >= 11 is 0. The van der Waals surface area contributed by atoms with Crippen LogP contribution in [0.25, 0.3) is 0 Å². The Morgan fingerprint density at radius 3 is 2.64 bits per heavy atom. The van der Waals surface area contributed by atoms with Crippen molar-refractivity contribution < 1.29 is 31.2 Å². The SMILES string of the molecule is CCS(=O)(=O)c1c(N2Cc3ncc(C(F)(F)F)cc3C2=O)nc(C2CC(C3CC3)=NO2)n1C. The molecule has 2 aliphatic heterocycles. The number of sulfone groups is 1. The van der Waals surface area contributed by atoms with Crippen LogP contribution in [0, 0.1) is 5.92 Å². The van der Waals surface area contributed by atoms with E-state index in [2.05, 4.69) is 15.1 Å². The lowest BCUT2D eigenvalue weighted by Gasteiger charge is -2.15. The van der Waals surface area contributed by atoms with Gasteiger partial charge < -0.3 is 9.40 Å². The fourth-order valence-electron chi connectivity index (χ4n) is 4.12. The van der Waals surface area contributed by atoms with E-state index in [1.807, 2.05) is 0 Å². The number of hydrogen-bond acceptors (Lipinski definition) is 7. The molecule has 2 aromatic heterocycles. The summed E-state index contributed by atoms with van der Waals surface area (Å²) in [7, 11) is -2.34. The van der Waals surface area contributed by atoms with Crippen LogP contribution in [0.5, 0.6) is 0 Å². The first-order valence-electron chi connectivity index (χ1n) is 10.4. The highest BCUT2D eigenvalue weighted by Gasteiger charge is 2.42. The summed E-state index contributed by atoms with van der Waals surface area (Å²) in [5, 5.41) is 3.92. The molecule has 9 nitrogen and oxygen atoms in total. The molecule has 0 N–H and O–H groups in total. The van der Waals surface area contributed by atoms with E-state index in [1.54, 1.807) is 0 Å². The number of amides is 1. The molecule has 1 fully saturated rings. The van der Waals surface area contributed by atoms with Crippen molar-refractivity contribution in [2.24, 2.45) is 18.1 Å². The van der Waals surface area contributed by atoms with Gasteiger partial charge in [0.15, 0.2) is 32.6 Å². The molecule has 0 saturated heterocycles. The van der Waals surface area contributed by atoms with Crippen molar-refractivity contribution in [3.63, 3.8) is 0 Å². The van der Waals surface area contributed by atoms with Gasteiger partial charge in [0, 0.05) is 25.6 Å². The summed E-state index contributed by atoms with van der Waals surface area (Å²) in [6, 6.07) is 0.734. The zero-order valence-corrected chi connectivity index (χ0v) is 18.6. The lowest BCUT2D eigenvalue weighted by Crippen LogP contribution is -2.26. The third-order valence-electron chi connectivity index (χ3n) is 6.10. The van der Waals surface area contributed by atoms with Crippen molar-refractivity contribution in [2.75, 3.05) is 10.7 Å². The second-order valence-corrected chi connectivity index (χ2v) is 10.5. The second kappa shape index (κ2) is 7.27. The summed E-state index contributed by atoms with van der Waals surface area (Å²) < 4.78 is 66.6. The summed E-state index contributed by atoms with van der Waals surface area (Å²) in [5.41, 5.74) is -0.258. The Hall–Kier alpha value is -2.96. The Morgan fingerprint density at radius 1 is 1.27 bits per heavy atom. The minimum atomic E-state index is -4.66. The molecule has 1 atom stereocenters. The largest absolute Gasteiger partial charge is 0.417 e. The number of pyridine rings is 1. The predicted octanol–water partition coefficient (Wildman–Crippen LogP) is 3.02. The van der Waals surface area contributed by atoms with Gasteiger partial charge in [-0.05, 0) is 18.9 Å². The molecule has 33 heavy (non-hydrogen) atoms. The number of oxime groups is 1. The van der Waals surface area contributed by atoms with Crippen molar-refractivity contribution in [2.45, 2.75) is 50.0 Å². The maximum absolute atomic E-state index is 13.1. The third-order valence-corrected chi connectivity index (χ3v) is 7.91. The highest BCUT2D eigenvalue weighted by atomic mass is 32.2. The van der Waals surface area contributed by atoms with Gasteiger partial charge in [-0.1, -0.05) is 12.1 Å². The predicted molar refractivity (Wildman–Crippen MR) is 109 cm³/mol. The molecule has 2 aromatic rings. The number of halogens is 3. The van der Waals surface area contributed by atoms with E-state index >= 15 is 0 Å². The van der Waals surface area contributed by atoms with Gasteiger partial charge in [-0.25, -0.2) is 13.4 Å². The number of aromatic nitrogens is 3. The van der Waals surface area contributed by atoms with Gasteiger partial charge >= 0.3 is 6.18 Å². The summed E-state index contributed by atoms with van der Waals surface area (Å²) in [5.74, 6) is -0.529. The van der Waals surface area contributed by atoms with Crippen LogP contribution < -0.4 is 4.90 Å². The first-order chi connectivity index (χ1) is 15.5. The van der Waals surface area contributed by atoms with E-state index in [9.17, 15) is 26.4 Å². The minimum Gasteiger partial charge on any atom is -0.384 e. The number of imidazole rings is 1. The van der Waals surface area contributed by atoms with Gasteiger partial charge in [0.05, 0.1) is 34.8 Å². The number of carbonyl (C=O) groups is 1. The normalized spacial score (nSPS) is 20.8. The molecule has 1 saturated carbocycles. The van der Waals surface area contributed by atoms with Gasteiger partial charge in [0.1, 0.15) is 0 Å². The maximum Gasteiger partial charge on any atom is 0.417 e. The average molecular weight is 483 g/mol. The standard InChI is InChI=1S/C20H20F3N5O4S/c1-3-33(30,31)19-17(25-16(27(19)2)15-7-13(26-32-15)10-4-5-10)28-9-14-12(18(28)29)6-11(8-24-14)20(21,22)23/h6,8,10,15H,3-5,7,9H2,1-2H3. The quantitative estimate of drug-likeness (QED) is 0.647. The van der Waals surface area contributed by atoms with E-state index in [4.69, 9.17) is 4.84 Å². The smallest absolute Gasteiger partial charge is 0.384 e. The molecule has 176 valence electrons. The van der Waals surface area contributed by atoms with E-state index in [0.717, 1.165) is 29.5 Å². The highest BCUT2D eigenvalue weighted by Crippen LogP contribution is 2.41. The van der Waals surface area contributed by atoms with Crippen molar-refractivity contribution in [1.29, 1.82) is 0 Å². The number of hydrogen-bond donors (Lipinski definition) is 0. The summed E-state index contributed by atoms with van der Waals surface area (Å²) in [4.78, 5) is 27.9.